The normalized spacial score (nSPS) is 29.2. The lowest BCUT2D eigenvalue weighted by atomic mass is 9.72. The first-order chi connectivity index (χ1) is 9.02. The molecule has 1 saturated carbocycles. The van der Waals surface area contributed by atoms with Gasteiger partial charge in [-0.05, 0) is 56.2 Å². The van der Waals surface area contributed by atoms with E-state index >= 15 is 0 Å². The molecule has 1 fully saturated rings. The summed E-state index contributed by atoms with van der Waals surface area (Å²) < 4.78 is 27.9. The SMILES string of the molecule is CNC(c1c(F)cccc1F)C1CC(C)CC(C)C1. The first kappa shape index (κ1) is 14.4. The molecule has 1 nitrogen and oxygen atoms in total. The third-order valence-electron chi connectivity index (χ3n) is 4.31. The van der Waals surface area contributed by atoms with Gasteiger partial charge in [0.1, 0.15) is 11.6 Å². The number of rotatable bonds is 3. The second-order valence-electron chi connectivity index (χ2n) is 6.08. The molecule has 0 amide bonds. The first-order valence-electron chi connectivity index (χ1n) is 7.14. The van der Waals surface area contributed by atoms with E-state index < -0.39 is 11.6 Å². The fourth-order valence-electron chi connectivity index (χ4n) is 3.70. The standard InChI is InChI=1S/C16H23F2N/c1-10-7-11(2)9-12(8-10)16(19-3)15-13(17)5-4-6-14(15)18/h4-6,10-12,16,19H,7-9H2,1-3H3. The van der Waals surface area contributed by atoms with E-state index in [1.807, 2.05) is 0 Å². The zero-order valence-corrected chi connectivity index (χ0v) is 11.9. The number of hydrogen-bond donors (Lipinski definition) is 1. The molecular formula is C16H23F2N. The minimum Gasteiger partial charge on any atom is -0.313 e. The van der Waals surface area contributed by atoms with Gasteiger partial charge in [0.2, 0.25) is 0 Å². The quantitative estimate of drug-likeness (QED) is 0.861. The molecule has 2 rings (SSSR count). The summed E-state index contributed by atoms with van der Waals surface area (Å²) in [4.78, 5) is 0. The Morgan fingerprint density at radius 1 is 1.05 bits per heavy atom. The van der Waals surface area contributed by atoms with Gasteiger partial charge in [0.05, 0.1) is 0 Å². The van der Waals surface area contributed by atoms with Crippen LogP contribution in [0, 0.1) is 29.4 Å². The van der Waals surface area contributed by atoms with Gasteiger partial charge in [-0.2, -0.15) is 0 Å². The van der Waals surface area contributed by atoms with E-state index in [0.717, 1.165) is 12.8 Å². The molecule has 1 N–H and O–H groups in total. The van der Waals surface area contributed by atoms with Crippen molar-refractivity contribution in [1.29, 1.82) is 0 Å². The molecule has 0 radical (unpaired) electrons. The molecule has 106 valence electrons. The lowest BCUT2D eigenvalue weighted by molar-refractivity contribution is 0.176. The topological polar surface area (TPSA) is 12.0 Å². The van der Waals surface area contributed by atoms with Crippen LogP contribution in [0.15, 0.2) is 18.2 Å². The van der Waals surface area contributed by atoms with Crippen LogP contribution in [0.2, 0.25) is 0 Å². The van der Waals surface area contributed by atoms with Gasteiger partial charge in [0.25, 0.3) is 0 Å². The fraction of sp³-hybridized carbons (Fsp3) is 0.625. The highest BCUT2D eigenvalue weighted by atomic mass is 19.1. The number of benzene rings is 1. The molecule has 3 heteroatoms. The number of halogens is 2. The molecule has 0 saturated heterocycles. The van der Waals surface area contributed by atoms with Gasteiger partial charge in [0, 0.05) is 11.6 Å². The third-order valence-corrected chi connectivity index (χ3v) is 4.31. The van der Waals surface area contributed by atoms with Crippen LogP contribution in [0.3, 0.4) is 0 Å². The van der Waals surface area contributed by atoms with Crippen LogP contribution in [0.25, 0.3) is 0 Å². The summed E-state index contributed by atoms with van der Waals surface area (Å²) >= 11 is 0. The summed E-state index contributed by atoms with van der Waals surface area (Å²) in [5.41, 5.74) is 0.205. The molecule has 0 aliphatic heterocycles. The van der Waals surface area contributed by atoms with Gasteiger partial charge in [0.15, 0.2) is 0 Å². The van der Waals surface area contributed by atoms with E-state index in [4.69, 9.17) is 0 Å². The van der Waals surface area contributed by atoms with Gasteiger partial charge < -0.3 is 5.32 Å². The highest BCUT2D eigenvalue weighted by Crippen LogP contribution is 2.40. The maximum Gasteiger partial charge on any atom is 0.130 e. The van der Waals surface area contributed by atoms with Crippen molar-refractivity contribution in [3.63, 3.8) is 0 Å². The van der Waals surface area contributed by atoms with Crippen molar-refractivity contribution in [2.45, 2.75) is 39.2 Å². The third kappa shape index (κ3) is 3.14. The Morgan fingerprint density at radius 3 is 2.05 bits per heavy atom. The molecule has 1 aliphatic rings. The average molecular weight is 267 g/mol. The minimum atomic E-state index is -0.440. The van der Waals surface area contributed by atoms with Gasteiger partial charge in [-0.3, -0.25) is 0 Å². The van der Waals surface area contributed by atoms with Crippen LogP contribution in [0.5, 0.6) is 0 Å². The molecule has 19 heavy (non-hydrogen) atoms. The van der Waals surface area contributed by atoms with Crippen molar-refractivity contribution in [3.8, 4) is 0 Å². The zero-order chi connectivity index (χ0) is 14.0. The molecular weight excluding hydrogens is 244 g/mol. The summed E-state index contributed by atoms with van der Waals surface area (Å²) in [7, 11) is 1.79. The van der Waals surface area contributed by atoms with Crippen LogP contribution in [0.1, 0.15) is 44.7 Å². The lowest BCUT2D eigenvalue weighted by Crippen LogP contribution is -2.32. The Kier molecular flexibility index (Phi) is 4.56. The smallest absolute Gasteiger partial charge is 0.130 e. The Morgan fingerprint density at radius 2 is 1.58 bits per heavy atom. The summed E-state index contributed by atoms with van der Waals surface area (Å²) in [6.07, 6.45) is 3.28. The highest BCUT2D eigenvalue weighted by Gasteiger charge is 2.32. The van der Waals surface area contributed by atoms with Crippen molar-refractivity contribution in [2.75, 3.05) is 7.05 Å². The second kappa shape index (κ2) is 6.00. The molecule has 0 aromatic heterocycles. The van der Waals surface area contributed by atoms with E-state index in [-0.39, 0.29) is 11.6 Å². The van der Waals surface area contributed by atoms with Crippen LogP contribution in [-0.4, -0.2) is 7.05 Å². The second-order valence-corrected chi connectivity index (χ2v) is 6.08. The van der Waals surface area contributed by atoms with Crippen molar-refractivity contribution >= 4 is 0 Å². The fourth-order valence-corrected chi connectivity index (χ4v) is 3.70. The molecule has 0 spiro atoms. The molecule has 1 aromatic rings. The van der Waals surface area contributed by atoms with Crippen molar-refractivity contribution < 1.29 is 8.78 Å². The summed E-state index contributed by atoms with van der Waals surface area (Å²) in [6.45, 7) is 4.46. The van der Waals surface area contributed by atoms with Gasteiger partial charge in [-0.1, -0.05) is 19.9 Å². The Hall–Kier alpha value is -0.960. The van der Waals surface area contributed by atoms with Gasteiger partial charge >= 0.3 is 0 Å². The number of hydrogen-bond acceptors (Lipinski definition) is 1. The van der Waals surface area contributed by atoms with Crippen molar-refractivity contribution in [1.82, 2.24) is 5.32 Å². The summed E-state index contributed by atoms with van der Waals surface area (Å²) in [5.74, 6) is 0.671. The monoisotopic (exact) mass is 267 g/mol. The minimum absolute atomic E-state index is 0.205. The predicted octanol–water partition coefficient (Wildman–Crippen LogP) is 4.30. The molecule has 0 bridgehead atoms. The highest BCUT2D eigenvalue weighted by molar-refractivity contribution is 5.24. The zero-order valence-electron chi connectivity index (χ0n) is 11.9. The molecule has 1 aromatic carbocycles. The van der Waals surface area contributed by atoms with Crippen molar-refractivity contribution in [3.05, 3.63) is 35.4 Å². The summed E-state index contributed by atoms with van der Waals surface area (Å²) in [6, 6.07) is 3.88. The Labute approximate surface area is 114 Å². The van der Waals surface area contributed by atoms with E-state index in [9.17, 15) is 8.78 Å². The van der Waals surface area contributed by atoms with Crippen LogP contribution >= 0.6 is 0 Å². The van der Waals surface area contributed by atoms with E-state index in [2.05, 4.69) is 19.2 Å². The lowest BCUT2D eigenvalue weighted by Gasteiger charge is -2.36. The molecule has 0 heterocycles. The van der Waals surface area contributed by atoms with Gasteiger partial charge in [-0.25, -0.2) is 8.78 Å². The maximum absolute atomic E-state index is 14.0. The van der Waals surface area contributed by atoms with Crippen LogP contribution in [-0.2, 0) is 0 Å². The van der Waals surface area contributed by atoms with Crippen molar-refractivity contribution in [2.24, 2.45) is 17.8 Å². The molecule has 3 atom stereocenters. The largest absolute Gasteiger partial charge is 0.313 e. The number of nitrogens with one attached hydrogen (secondary N) is 1. The van der Waals surface area contributed by atoms with E-state index in [0.29, 0.717) is 17.8 Å². The molecule has 1 aliphatic carbocycles. The first-order valence-corrected chi connectivity index (χ1v) is 7.14. The predicted molar refractivity (Wildman–Crippen MR) is 73.8 cm³/mol. The summed E-state index contributed by atoms with van der Waals surface area (Å²) in [5, 5.41) is 3.13. The maximum atomic E-state index is 14.0. The molecule has 3 unspecified atom stereocenters. The van der Waals surface area contributed by atoms with E-state index in [1.165, 1.54) is 24.6 Å². The average Bonchev–Trinajstić information content (AvgIpc) is 2.32. The Bertz CT molecular complexity index is 403. The van der Waals surface area contributed by atoms with Gasteiger partial charge in [-0.15, -0.1) is 0 Å². The Balaban J connectivity index is 2.29. The van der Waals surface area contributed by atoms with Crippen LogP contribution < -0.4 is 5.32 Å². The van der Waals surface area contributed by atoms with E-state index in [1.54, 1.807) is 7.05 Å². The van der Waals surface area contributed by atoms with Crippen LogP contribution in [0.4, 0.5) is 8.78 Å².